The van der Waals surface area contributed by atoms with Gasteiger partial charge in [0, 0.05) is 17.0 Å². The van der Waals surface area contributed by atoms with Crippen LogP contribution in [0, 0.1) is 5.82 Å². The van der Waals surface area contributed by atoms with E-state index in [0.717, 1.165) is 0 Å². The molecule has 6 heteroatoms. The van der Waals surface area contributed by atoms with Gasteiger partial charge < -0.3 is 15.2 Å². The maximum Gasteiger partial charge on any atom is 0.180 e. The van der Waals surface area contributed by atoms with Crippen molar-refractivity contribution in [3.63, 3.8) is 0 Å². The summed E-state index contributed by atoms with van der Waals surface area (Å²) in [6.45, 7) is 0. The van der Waals surface area contributed by atoms with Crippen molar-refractivity contribution in [1.29, 1.82) is 0 Å². The molecule has 0 spiro atoms. The third-order valence-corrected chi connectivity index (χ3v) is 3.17. The normalized spacial score (nSPS) is 10.9. The Labute approximate surface area is 114 Å². The number of thiazole rings is 1. The molecule has 2 aromatic rings. The van der Waals surface area contributed by atoms with E-state index in [1.165, 1.54) is 31.6 Å². The fourth-order valence-corrected chi connectivity index (χ4v) is 2.08. The molecule has 0 unspecified atom stereocenters. The van der Waals surface area contributed by atoms with Crippen molar-refractivity contribution >= 4 is 28.6 Å². The Balaban J connectivity index is 2.32. The molecule has 2 rings (SSSR count). The van der Waals surface area contributed by atoms with E-state index in [1.807, 2.05) is 0 Å². The van der Waals surface area contributed by atoms with Gasteiger partial charge in [-0.1, -0.05) is 0 Å². The summed E-state index contributed by atoms with van der Waals surface area (Å²) in [4.78, 5) is 4.06. The highest BCUT2D eigenvalue weighted by molar-refractivity contribution is 7.13. The average Bonchev–Trinajstić information content (AvgIpc) is 2.82. The van der Waals surface area contributed by atoms with Crippen molar-refractivity contribution in [3.05, 3.63) is 34.6 Å². The molecule has 2 N–H and O–H groups in total. The SMILES string of the molecule is COc1cc(F)c(C=Cc2csc(N)n2)cc1OC. The molecule has 0 aliphatic heterocycles. The number of nitrogens with zero attached hydrogens (tertiary/aromatic N) is 1. The molecular weight excluding hydrogens is 267 g/mol. The van der Waals surface area contributed by atoms with Crippen LogP contribution in [0.5, 0.6) is 11.5 Å². The zero-order chi connectivity index (χ0) is 13.8. The van der Waals surface area contributed by atoms with Crippen LogP contribution in [0.3, 0.4) is 0 Å². The van der Waals surface area contributed by atoms with E-state index >= 15 is 0 Å². The third kappa shape index (κ3) is 3.03. The van der Waals surface area contributed by atoms with Crippen molar-refractivity contribution in [3.8, 4) is 11.5 Å². The Hall–Kier alpha value is -2.08. The fourth-order valence-electron chi connectivity index (χ4n) is 1.55. The molecular formula is C13H13FN2O2S. The van der Waals surface area contributed by atoms with Gasteiger partial charge in [0.15, 0.2) is 16.6 Å². The van der Waals surface area contributed by atoms with Gasteiger partial charge in [0.25, 0.3) is 0 Å². The van der Waals surface area contributed by atoms with Gasteiger partial charge in [-0.05, 0) is 18.2 Å². The number of halogens is 1. The number of ether oxygens (including phenoxy) is 2. The summed E-state index contributed by atoms with van der Waals surface area (Å²) in [5, 5.41) is 2.28. The zero-order valence-electron chi connectivity index (χ0n) is 10.5. The molecule has 0 aliphatic carbocycles. The van der Waals surface area contributed by atoms with E-state index in [4.69, 9.17) is 15.2 Å². The lowest BCUT2D eigenvalue weighted by atomic mass is 10.1. The molecule has 100 valence electrons. The smallest absolute Gasteiger partial charge is 0.180 e. The molecule has 4 nitrogen and oxygen atoms in total. The first-order valence-electron chi connectivity index (χ1n) is 5.44. The summed E-state index contributed by atoms with van der Waals surface area (Å²) < 4.78 is 24.0. The first-order chi connectivity index (χ1) is 9.13. The van der Waals surface area contributed by atoms with Crippen molar-refractivity contribution in [2.24, 2.45) is 0 Å². The molecule has 0 bridgehead atoms. The highest BCUT2D eigenvalue weighted by Gasteiger charge is 2.09. The largest absolute Gasteiger partial charge is 0.493 e. The molecule has 0 saturated carbocycles. The molecule has 0 amide bonds. The monoisotopic (exact) mass is 280 g/mol. The van der Waals surface area contributed by atoms with E-state index in [9.17, 15) is 4.39 Å². The van der Waals surface area contributed by atoms with E-state index in [2.05, 4.69) is 4.98 Å². The minimum atomic E-state index is -0.392. The second-order valence-electron chi connectivity index (χ2n) is 3.67. The number of methoxy groups -OCH3 is 2. The fraction of sp³-hybridized carbons (Fsp3) is 0.154. The van der Waals surface area contributed by atoms with Crippen LogP contribution in [-0.4, -0.2) is 19.2 Å². The molecule has 0 fully saturated rings. The molecule has 1 heterocycles. The lowest BCUT2D eigenvalue weighted by Crippen LogP contribution is -1.93. The van der Waals surface area contributed by atoms with E-state index in [0.29, 0.717) is 27.9 Å². The molecule has 1 aromatic heterocycles. The van der Waals surface area contributed by atoms with E-state index < -0.39 is 5.82 Å². The lowest BCUT2D eigenvalue weighted by molar-refractivity contribution is 0.352. The Morgan fingerprint density at radius 2 is 1.89 bits per heavy atom. The van der Waals surface area contributed by atoms with Crippen molar-refractivity contribution in [2.75, 3.05) is 20.0 Å². The molecule has 0 aliphatic rings. The average molecular weight is 280 g/mol. The van der Waals surface area contributed by atoms with Crippen LogP contribution in [0.15, 0.2) is 17.5 Å². The summed E-state index contributed by atoms with van der Waals surface area (Å²) in [5.41, 5.74) is 6.61. The van der Waals surface area contributed by atoms with Gasteiger partial charge in [-0.15, -0.1) is 11.3 Å². The van der Waals surface area contributed by atoms with Crippen LogP contribution >= 0.6 is 11.3 Å². The van der Waals surface area contributed by atoms with Crippen molar-refractivity contribution < 1.29 is 13.9 Å². The highest BCUT2D eigenvalue weighted by atomic mass is 32.1. The molecule has 19 heavy (non-hydrogen) atoms. The summed E-state index contributed by atoms with van der Waals surface area (Å²) in [5.74, 6) is 0.438. The molecule has 0 radical (unpaired) electrons. The number of nitrogens with two attached hydrogens (primary N) is 1. The van der Waals surface area contributed by atoms with Gasteiger partial charge in [0.05, 0.1) is 19.9 Å². The predicted octanol–water partition coefficient (Wildman–Crippen LogP) is 3.05. The minimum Gasteiger partial charge on any atom is -0.493 e. The second-order valence-corrected chi connectivity index (χ2v) is 4.56. The molecule has 0 saturated heterocycles. The van der Waals surface area contributed by atoms with Crippen LogP contribution in [0.2, 0.25) is 0 Å². The standard InChI is InChI=1S/C13H13FN2O2S/c1-17-11-5-8(10(14)6-12(11)18-2)3-4-9-7-19-13(15)16-9/h3-7H,1-2H3,(H2,15,16). The Kier molecular flexibility index (Phi) is 4.01. The van der Waals surface area contributed by atoms with Crippen molar-refractivity contribution in [1.82, 2.24) is 4.98 Å². The summed E-state index contributed by atoms with van der Waals surface area (Å²) in [6, 6.07) is 2.86. The van der Waals surface area contributed by atoms with Crippen LogP contribution in [0.25, 0.3) is 12.2 Å². The van der Waals surface area contributed by atoms with E-state index in [1.54, 1.807) is 23.6 Å². The third-order valence-electron chi connectivity index (χ3n) is 2.48. The Bertz CT molecular complexity index is 611. The number of rotatable bonds is 4. The topological polar surface area (TPSA) is 57.4 Å². The van der Waals surface area contributed by atoms with Crippen LogP contribution in [0.1, 0.15) is 11.3 Å². The number of aromatic nitrogens is 1. The van der Waals surface area contributed by atoms with Gasteiger partial charge in [0.2, 0.25) is 0 Å². The Morgan fingerprint density at radius 3 is 2.47 bits per heavy atom. The Morgan fingerprint density at radius 1 is 1.21 bits per heavy atom. The number of anilines is 1. The zero-order valence-corrected chi connectivity index (χ0v) is 11.3. The van der Waals surface area contributed by atoms with Crippen molar-refractivity contribution in [2.45, 2.75) is 0 Å². The van der Waals surface area contributed by atoms with Gasteiger partial charge in [-0.25, -0.2) is 9.37 Å². The molecule has 1 aromatic carbocycles. The number of hydrogen-bond acceptors (Lipinski definition) is 5. The summed E-state index contributed by atoms with van der Waals surface area (Å²) in [6.07, 6.45) is 3.31. The molecule has 0 atom stereocenters. The number of hydrogen-bond donors (Lipinski definition) is 1. The summed E-state index contributed by atoms with van der Waals surface area (Å²) >= 11 is 1.33. The maximum absolute atomic E-state index is 13.8. The maximum atomic E-state index is 13.8. The lowest BCUT2D eigenvalue weighted by Gasteiger charge is -2.08. The van der Waals surface area contributed by atoms with Gasteiger partial charge in [0.1, 0.15) is 5.82 Å². The van der Waals surface area contributed by atoms with Crippen LogP contribution in [0.4, 0.5) is 9.52 Å². The minimum absolute atomic E-state index is 0.357. The van der Waals surface area contributed by atoms with E-state index in [-0.39, 0.29) is 0 Å². The highest BCUT2D eigenvalue weighted by Crippen LogP contribution is 2.30. The second kappa shape index (κ2) is 5.71. The van der Waals surface area contributed by atoms with Gasteiger partial charge in [-0.2, -0.15) is 0 Å². The number of benzene rings is 1. The van der Waals surface area contributed by atoms with Gasteiger partial charge in [-0.3, -0.25) is 0 Å². The first-order valence-corrected chi connectivity index (χ1v) is 6.32. The van der Waals surface area contributed by atoms with Crippen LogP contribution < -0.4 is 15.2 Å². The quantitative estimate of drug-likeness (QED) is 0.935. The summed E-state index contributed by atoms with van der Waals surface area (Å²) in [7, 11) is 2.97. The first kappa shape index (κ1) is 13.4. The van der Waals surface area contributed by atoms with Crippen LogP contribution in [-0.2, 0) is 0 Å². The predicted molar refractivity (Wildman–Crippen MR) is 75.0 cm³/mol. The van der Waals surface area contributed by atoms with Gasteiger partial charge >= 0.3 is 0 Å². The number of nitrogen functional groups attached to an aromatic ring is 1.